The second-order valence-corrected chi connectivity index (χ2v) is 7.46. The lowest BCUT2D eigenvalue weighted by molar-refractivity contribution is -0.157. The molecule has 1 rings (SSSR count). The Labute approximate surface area is 138 Å². The molecule has 7 heteroatoms. The van der Waals surface area contributed by atoms with Crippen molar-refractivity contribution in [3.63, 3.8) is 0 Å². The normalized spacial score (nSPS) is 17.9. The number of carboxylic acids is 1. The van der Waals surface area contributed by atoms with Crippen molar-refractivity contribution < 1.29 is 19.5 Å². The molecule has 0 aromatic rings. The van der Waals surface area contributed by atoms with Gasteiger partial charge in [-0.05, 0) is 19.3 Å². The van der Waals surface area contributed by atoms with Crippen LogP contribution in [0.2, 0.25) is 0 Å². The van der Waals surface area contributed by atoms with E-state index in [0.717, 1.165) is 0 Å². The molecular formula is C16H29N3O4. The quantitative estimate of drug-likeness (QED) is 0.714. The first-order valence-corrected chi connectivity index (χ1v) is 8.05. The number of rotatable bonds is 5. The van der Waals surface area contributed by atoms with Gasteiger partial charge in [0.1, 0.15) is 5.92 Å². The molecule has 2 N–H and O–H groups in total. The van der Waals surface area contributed by atoms with Crippen LogP contribution in [0.3, 0.4) is 0 Å². The van der Waals surface area contributed by atoms with Crippen molar-refractivity contribution in [1.82, 2.24) is 15.1 Å². The summed E-state index contributed by atoms with van der Waals surface area (Å²) in [6, 6.07) is 0.105. The largest absolute Gasteiger partial charge is 0.481 e. The van der Waals surface area contributed by atoms with Crippen LogP contribution in [0.15, 0.2) is 0 Å². The Morgan fingerprint density at radius 2 is 1.61 bits per heavy atom. The molecule has 1 heterocycles. The Morgan fingerprint density at radius 3 is 2.00 bits per heavy atom. The number of hydrogen-bond acceptors (Lipinski definition) is 4. The number of carbonyl (C=O) groups is 3. The van der Waals surface area contributed by atoms with Crippen molar-refractivity contribution in [2.45, 2.75) is 40.7 Å². The molecule has 0 aromatic carbocycles. The highest BCUT2D eigenvalue weighted by atomic mass is 16.4. The summed E-state index contributed by atoms with van der Waals surface area (Å²) in [5.41, 5.74) is -0.628. The smallest absolute Gasteiger partial charge is 0.316 e. The maximum Gasteiger partial charge on any atom is 0.316 e. The van der Waals surface area contributed by atoms with Crippen LogP contribution in [0.25, 0.3) is 0 Å². The lowest BCUT2D eigenvalue weighted by Crippen LogP contribution is -2.54. The molecule has 1 aliphatic rings. The van der Waals surface area contributed by atoms with Crippen LogP contribution < -0.4 is 5.32 Å². The zero-order valence-electron chi connectivity index (χ0n) is 14.8. The van der Waals surface area contributed by atoms with Gasteiger partial charge in [0.25, 0.3) is 0 Å². The first kappa shape index (κ1) is 19.4. The fourth-order valence-electron chi connectivity index (χ4n) is 2.73. The van der Waals surface area contributed by atoms with E-state index in [2.05, 4.69) is 5.32 Å². The Balaban J connectivity index is 2.57. The van der Waals surface area contributed by atoms with Crippen LogP contribution >= 0.6 is 0 Å². The van der Waals surface area contributed by atoms with Crippen LogP contribution in [-0.2, 0) is 14.4 Å². The standard InChI is InChI=1S/C16H29N3O4/c1-11(2)17-12(20)10-18-6-8-19(9-7-18)14(21)13(15(22)23)16(3,4)5/h11,13H,6-10H2,1-5H3,(H,17,20)(H,22,23). The second-order valence-electron chi connectivity index (χ2n) is 7.46. The summed E-state index contributed by atoms with van der Waals surface area (Å²) in [7, 11) is 0. The molecule has 23 heavy (non-hydrogen) atoms. The van der Waals surface area contributed by atoms with E-state index in [-0.39, 0.29) is 17.9 Å². The van der Waals surface area contributed by atoms with E-state index >= 15 is 0 Å². The van der Waals surface area contributed by atoms with Crippen molar-refractivity contribution >= 4 is 17.8 Å². The van der Waals surface area contributed by atoms with Crippen LogP contribution in [0.1, 0.15) is 34.6 Å². The van der Waals surface area contributed by atoms with Gasteiger partial charge in [-0.2, -0.15) is 0 Å². The Kier molecular flexibility index (Phi) is 6.56. The third-order valence-corrected chi connectivity index (χ3v) is 3.86. The van der Waals surface area contributed by atoms with E-state index < -0.39 is 17.3 Å². The molecule has 1 saturated heterocycles. The summed E-state index contributed by atoms with van der Waals surface area (Å²) >= 11 is 0. The van der Waals surface area contributed by atoms with E-state index in [0.29, 0.717) is 32.7 Å². The molecular weight excluding hydrogens is 298 g/mol. The molecule has 1 atom stereocenters. The summed E-state index contributed by atoms with van der Waals surface area (Å²) < 4.78 is 0. The number of nitrogens with one attached hydrogen (secondary N) is 1. The third kappa shape index (κ3) is 5.82. The minimum absolute atomic E-state index is 0.0297. The monoisotopic (exact) mass is 327 g/mol. The topological polar surface area (TPSA) is 90.0 Å². The zero-order valence-corrected chi connectivity index (χ0v) is 14.8. The van der Waals surface area contributed by atoms with Gasteiger partial charge in [-0.15, -0.1) is 0 Å². The maximum atomic E-state index is 12.5. The predicted octanol–water partition coefficient (Wildman–Crippen LogP) is 0.402. The van der Waals surface area contributed by atoms with Crippen molar-refractivity contribution in [2.24, 2.45) is 11.3 Å². The van der Waals surface area contributed by atoms with Gasteiger partial charge in [0, 0.05) is 32.2 Å². The zero-order chi connectivity index (χ0) is 17.8. The summed E-state index contributed by atoms with van der Waals surface area (Å²) in [6.45, 7) is 11.5. The van der Waals surface area contributed by atoms with E-state index in [4.69, 9.17) is 0 Å². The molecule has 7 nitrogen and oxygen atoms in total. The van der Waals surface area contributed by atoms with Gasteiger partial charge < -0.3 is 15.3 Å². The lowest BCUT2D eigenvalue weighted by atomic mass is 9.79. The second kappa shape index (κ2) is 7.77. The molecule has 0 aliphatic carbocycles. The summed E-state index contributed by atoms with van der Waals surface area (Å²) in [5, 5.41) is 12.2. The number of carboxylic acid groups (broad SMARTS) is 1. The highest BCUT2D eigenvalue weighted by Gasteiger charge is 2.40. The molecule has 132 valence electrons. The van der Waals surface area contributed by atoms with Crippen LogP contribution in [-0.4, -0.2) is 71.5 Å². The molecule has 0 radical (unpaired) electrons. The van der Waals surface area contributed by atoms with Crippen molar-refractivity contribution in [3.05, 3.63) is 0 Å². The molecule has 0 bridgehead atoms. The van der Waals surface area contributed by atoms with E-state index in [1.54, 1.807) is 25.7 Å². The first-order valence-electron chi connectivity index (χ1n) is 8.05. The van der Waals surface area contributed by atoms with Gasteiger partial charge in [0.2, 0.25) is 11.8 Å². The van der Waals surface area contributed by atoms with E-state index in [1.807, 2.05) is 18.7 Å². The van der Waals surface area contributed by atoms with E-state index in [1.165, 1.54) is 0 Å². The number of amides is 2. The summed E-state index contributed by atoms with van der Waals surface area (Å²) in [5.74, 6) is -2.49. The van der Waals surface area contributed by atoms with Gasteiger partial charge >= 0.3 is 5.97 Å². The van der Waals surface area contributed by atoms with Gasteiger partial charge in [-0.1, -0.05) is 20.8 Å². The average molecular weight is 327 g/mol. The fourth-order valence-corrected chi connectivity index (χ4v) is 2.73. The lowest BCUT2D eigenvalue weighted by Gasteiger charge is -2.37. The Morgan fingerprint density at radius 1 is 1.09 bits per heavy atom. The number of carbonyl (C=O) groups excluding carboxylic acids is 2. The fraction of sp³-hybridized carbons (Fsp3) is 0.812. The van der Waals surface area contributed by atoms with Gasteiger partial charge in [0.05, 0.1) is 6.54 Å². The minimum atomic E-state index is -1.08. The van der Waals surface area contributed by atoms with Gasteiger partial charge in [-0.3, -0.25) is 19.3 Å². The van der Waals surface area contributed by atoms with Crippen molar-refractivity contribution in [3.8, 4) is 0 Å². The summed E-state index contributed by atoms with van der Waals surface area (Å²) in [4.78, 5) is 39.3. The molecule has 0 aromatic heterocycles. The number of piperazine rings is 1. The molecule has 1 unspecified atom stereocenters. The molecule has 0 saturated carbocycles. The molecule has 1 fully saturated rings. The Bertz CT molecular complexity index is 449. The number of hydrogen-bond donors (Lipinski definition) is 2. The molecule has 1 aliphatic heterocycles. The highest BCUT2D eigenvalue weighted by Crippen LogP contribution is 2.28. The third-order valence-electron chi connectivity index (χ3n) is 3.86. The number of nitrogens with zero attached hydrogens (tertiary/aromatic N) is 2. The van der Waals surface area contributed by atoms with Crippen molar-refractivity contribution in [1.29, 1.82) is 0 Å². The molecule has 0 spiro atoms. The van der Waals surface area contributed by atoms with Crippen molar-refractivity contribution in [2.75, 3.05) is 32.7 Å². The van der Waals surface area contributed by atoms with Crippen LogP contribution in [0.5, 0.6) is 0 Å². The van der Waals surface area contributed by atoms with Crippen LogP contribution in [0.4, 0.5) is 0 Å². The highest BCUT2D eigenvalue weighted by molar-refractivity contribution is 5.97. The van der Waals surface area contributed by atoms with Crippen LogP contribution in [0, 0.1) is 11.3 Å². The minimum Gasteiger partial charge on any atom is -0.481 e. The summed E-state index contributed by atoms with van der Waals surface area (Å²) in [6.07, 6.45) is 0. The SMILES string of the molecule is CC(C)NC(=O)CN1CCN(C(=O)C(C(=O)O)C(C)(C)C)CC1. The predicted molar refractivity (Wildman–Crippen MR) is 86.9 cm³/mol. The Hall–Kier alpha value is -1.63. The van der Waals surface area contributed by atoms with E-state index in [9.17, 15) is 19.5 Å². The molecule has 2 amide bonds. The average Bonchev–Trinajstić information content (AvgIpc) is 2.36. The van der Waals surface area contributed by atoms with Gasteiger partial charge in [-0.25, -0.2) is 0 Å². The first-order chi connectivity index (χ1) is 10.5. The maximum absolute atomic E-state index is 12.5. The van der Waals surface area contributed by atoms with Gasteiger partial charge in [0.15, 0.2) is 0 Å². The number of aliphatic carboxylic acids is 1.